The minimum Gasteiger partial charge on any atom is -0.464 e. The molecule has 0 aliphatic carbocycles. The standard InChI is InChI=1S/C17H25NO4S/c1-2-14-7-8-16(22-14)15-6-4-3-5-10-18(15)17(19)13-9-11-23(20,21)12-13/h7-8,13,15H,2-6,9-12H2,1H3/t13-,15+/m0/s1. The SMILES string of the molecule is CCc1ccc([C@H]2CCCCCN2C(=O)[C@H]2CCS(=O)(=O)C2)o1. The first-order valence-electron chi connectivity index (χ1n) is 8.59. The topological polar surface area (TPSA) is 67.6 Å². The Balaban J connectivity index is 1.82. The van der Waals surface area contributed by atoms with Crippen LogP contribution in [0.1, 0.15) is 56.6 Å². The minimum absolute atomic E-state index is 0.00702. The molecule has 23 heavy (non-hydrogen) atoms. The highest BCUT2D eigenvalue weighted by Crippen LogP contribution is 2.34. The van der Waals surface area contributed by atoms with E-state index in [-0.39, 0.29) is 29.4 Å². The fraction of sp³-hybridized carbons (Fsp3) is 0.706. The van der Waals surface area contributed by atoms with Crippen LogP contribution in [-0.2, 0) is 21.1 Å². The fourth-order valence-corrected chi connectivity index (χ4v) is 5.39. The Morgan fingerprint density at radius 1 is 1.26 bits per heavy atom. The summed E-state index contributed by atoms with van der Waals surface area (Å²) in [4.78, 5) is 14.8. The number of sulfone groups is 1. The summed E-state index contributed by atoms with van der Waals surface area (Å²) in [7, 11) is -3.04. The van der Waals surface area contributed by atoms with Crippen molar-refractivity contribution >= 4 is 15.7 Å². The molecule has 0 N–H and O–H groups in total. The van der Waals surface area contributed by atoms with Crippen LogP contribution in [0, 0.1) is 5.92 Å². The van der Waals surface area contributed by atoms with Gasteiger partial charge in [0.05, 0.1) is 23.5 Å². The van der Waals surface area contributed by atoms with Crippen molar-refractivity contribution < 1.29 is 17.6 Å². The van der Waals surface area contributed by atoms with E-state index in [2.05, 4.69) is 0 Å². The van der Waals surface area contributed by atoms with Gasteiger partial charge in [0.15, 0.2) is 9.84 Å². The zero-order valence-electron chi connectivity index (χ0n) is 13.7. The molecule has 1 aromatic rings. The molecule has 0 aromatic carbocycles. The molecule has 3 rings (SSSR count). The lowest BCUT2D eigenvalue weighted by Crippen LogP contribution is -2.39. The van der Waals surface area contributed by atoms with E-state index in [9.17, 15) is 13.2 Å². The number of carbonyl (C=O) groups is 1. The summed E-state index contributed by atoms with van der Waals surface area (Å²) < 4.78 is 29.3. The maximum atomic E-state index is 12.9. The van der Waals surface area contributed by atoms with E-state index in [4.69, 9.17) is 4.42 Å². The lowest BCUT2D eigenvalue weighted by molar-refractivity contribution is -0.137. The van der Waals surface area contributed by atoms with E-state index in [1.54, 1.807) is 0 Å². The van der Waals surface area contributed by atoms with Crippen molar-refractivity contribution in [1.82, 2.24) is 4.90 Å². The van der Waals surface area contributed by atoms with Gasteiger partial charge in [0.2, 0.25) is 5.91 Å². The molecule has 3 heterocycles. The average Bonchev–Trinajstić information content (AvgIpc) is 3.06. The summed E-state index contributed by atoms with van der Waals surface area (Å²) in [6, 6.07) is 3.90. The van der Waals surface area contributed by atoms with Crippen LogP contribution < -0.4 is 0 Å². The van der Waals surface area contributed by atoms with Crippen LogP contribution in [0.4, 0.5) is 0 Å². The van der Waals surface area contributed by atoms with Crippen molar-refractivity contribution in [3.63, 3.8) is 0 Å². The summed E-state index contributed by atoms with van der Waals surface area (Å²) in [5.41, 5.74) is 0. The number of hydrogen-bond donors (Lipinski definition) is 0. The third-order valence-electron chi connectivity index (χ3n) is 4.98. The largest absolute Gasteiger partial charge is 0.464 e. The molecule has 1 amide bonds. The first kappa shape index (κ1) is 16.6. The summed E-state index contributed by atoms with van der Waals surface area (Å²) in [5, 5.41) is 0. The number of aryl methyl sites for hydroxylation is 1. The quantitative estimate of drug-likeness (QED) is 0.849. The number of likely N-dealkylation sites (tertiary alicyclic amines) is 1. The van der Waals surface area contributed by atoms with Gasteiger partial charge in [-0.3, -0.25) is 4.79 Å². The van der Waals surface area contributed by atoms with E-state index in [1.165, 1.54) is 0 Å². The van der Waals surface area contributed by atoms with E-state index >= 15 is 0 Å². The Morgan fingerprint density at radius 2 is 2.09 bits per heavy atom. The summed E-state index contributed by atoms with van der Waals surface area (Å²) in [6.45, 7) is 2.74. The van der Waals surface area contributed by atoms with E-state index in [0.29, 0.717) is 13.0 Å². The number of nitrogens with zero attached hydrogens (tertiary/aromatic N) is 1. The first-order chi connectivity index (χ1) is 11.0. The lowest BCUT2D eigenvalue weighted by Gasteiger charge is -2.30. The molecular weight excluding hydrogens is 314 g/mol. The van der Waals surface area contributed by atoms with E-state index in [1.807, 2.05) is 24.0 Å². The predicted octanol–water partition coefficient (Wildman–Crippen LogP) is 2.72. The predicted molar refractivity (Wildman–Crippen MR) is 87.8 cm³/mol. The highest BCUT2D eigenvalue weighted by atomic mass is 32.2. The molecule has 2 fully saturated rings. The summed E-state index contributed by atoms with van der Waals surface area (Å²) in [5.74, 6) is 1.54. The number of amides is 1. The molecule has 0 radical (unpaired) electrons. The number of rotatable bonds is 3. The molecule has 0 unspecified atom stereocenters. The van der Waals surface area contributed by atoms with Gasteiger partial charge in [-0.2, -0.15) is 0 Å². The Labute approximate surface area is 138 Å². The maximum Gasteiger partial charge on any atom is 0.227 e. The van der Waals surface area contributed by atoms with Gasteiger partial charge in [0.25, 0.3) is 0 Å². The normalized spacial score (nSPS) is 27.8. The highest BCUT2D eigenvalue weighted by Gasteiger charge is 2.38. The zero-order valence-corrected chi connectivity index (χ0v) is 14.5. The Bertz CT molecular complexity index is 664. The highest BCUT2D eigenvalue weighted by molar-refractivity contribution is 7.91. The minimum atomic E-state index is -3.04. The monoisotopic (exact) mass is 339 g/mol. The molecule has 2 aliphatic rings. The molecule has 2 atom stereocenters. The second-order valence-electron chi connectivity index (χ2n) is 6.65. The number of hydrogen-bond acceptors (Lipinski definition) is 4. The van der Waals surface area contributed by atoms with Crippen LogP contribution in [0.3, 0.4) is 0 Å². The van der Waals surface area contributed by atoms with Crippen molar-refractivity contribution in [2.45, 2.75) is 51.5 Å². The smallest absolute Gasteiger partial charge is 0.227 e. The van der Waals surface area contributed by atoms with Crippen molar-refractivity contribution in [3.8, 4) is 0 Å². The van der Waals surface area contributed by atoms with E-state index in [0.717, 1.165) is 43.6 Å². The van der Waals surface area contributed by atoms with Crippen LogP contribution in [-0.4, -0.2) is 37.3 Å². The molecule has 2 saturated heterocycles. The van der Waals surface area contributed by atoms with Gasteiger partial charge in [0.1, 0.15) is 11.5 Å². The summed E-state index contributed by atoms with van der Waals surface area (Å²) in [6.07, 6.45) is 5.33. The van der Waals surface area contributed by atoms with Crippen molar-refractivity contribution in [2.24, 2.45) is 5.92 Å². The molecule has 0 saturated carbocycles. The second kappa shape index (κ2) is 6.67. The van der Waals surface area contributed by atoms with Gasteiger partial charge in [-0.15, -0.1) is 0 Å². The van der Waals surface area contributed by atoms with E-state index < -0.39 is 9.84 Å². The molecular formula is C17H25NO4S. The van der Waals surface area contributed by atoms with Gasteiger partial charge < -0.3 is 9.32 Å². The molecule has 0 spiro atoms. The van der Waals surface area contributed by atoms with Gasteiger partial charge in [0, 0.05) is 13.0 Å². The Hall–Kier alpha value is -1.30. The van der Waals surface area contributed by atoms with Gasteiger partial charge in [-0.1, -0.05) is 19.8 Å². The van der Waals surface area contributed by atoms with Crippen LogP contribution in [0.5, 0.6) is 0 Å². The van der Waals surface area contributed by atoms with Crippen LogP contribution in [0.15, 0.2) is 16.5 Å². The zero-order chi connectivity index (χ0) is 16.4. The number of furan rings is 1. The molecule has 2 aliphatic heterocycles. The molecule has 0 bridgehead atoms. The third kappa shape index (κ3) is 3.62. The average molecular weight is 339 g/mol. The van der Waals surface area contributed by atoms with Crippen molar-refractivity contribution in [3.05, 3.63) is 23.7 Å². The summed E-state index contributed by atoms with van der Waals surface area (Å²) >= 11 is 0. The van der Waals surface area contributed by atoms with Crippen molar-refractivity contribution in [2.75, 3.05) is 18.1 Å². The van der Waals surface area contributed by atoms with Gasteiger partial charge in [-0.25, -0.2) is 8.42 Å². The molecule has 5 nitrogen and oxygen atoms in total. The van der Waals surface area contributed by atoms with Crippen LogP contribution in [0.2, 0.25) is 0 Å². The lowest BCUT2D eigenvalue weighted by atomic mass is 10.0. The molecule has 128 valence electrons. The Kier molecular flexibility index (Phi) is 4.80. The number of carbonyl (C=O) groups excluding carboxylic acids is 1. The Morgan fingerprint density at radius 3 is 2.74 bits per heavy atom. The second-order valence-corrected chi connectivity index (χ2v) is 8.88. The third-order valence-corrected chi connectivity index (χ3v) is 6.74. The van der Waals surface area contributed by atoms with Gasteiger partial charge >= 0.3 is 0 Å². The maximum absolute atomic E-state index is 12.9. The van der Waals surface area contributed by atoms with Crippen LogP contribution >= 0.6 is 0 Å². The molecule has 1 aromatic heterocycles. The molecule has 6 heteroatoms. The first-order valence-corrected chi connectivity index (χ1v) is 10.4. The van der Waals surface area contributed by atoms with Crippen molar-refractivity contribution in [1.29, 1.82) is 0 Å². The van der Waals surface area contributed by atoms with Gasteiger partial charge in [-0.05, 0) is 31.4 Å². The van der Waals surface area contributed by atoms with Crippen LogP contribution in [0.25, 0.3) is 0 Å². The fourth-order valence-electron chi connectivity index (χ4n) is 3.66.